The maximum absolute atomic E-state index is 13.1. The molecule has 214 valence electrons. The van der Waals surface area contributed by atoms with Crippen molar-refractivity contribution in [3.8, 4) is 17.2 Å². The van der Waals surface area contributed by atoms with Crippen molar-refractivity contribution < 1.29 is 23.1 Å². The molecule has 1 saturated heterocycles. The summed E-state index contributed by atoms with van der Waals surface area (Å²) in [6.45, 7) is 5.29. The Morgan fingerprint density at radius 3 is 2.27 bits per heavy atom. The first kappa shape index (κ1) is 29.2. The van der Waals surface area contributed by atoms with E-state index in [9.17, 15) is 18.3 Å². The second kappa shape index (κ2) is 13.5. The molecule has 40 heavy (non-hydrogen) atoms. The van der Waals surface area contributed by atoms with Crippen molar-refractivity contribution in [3.63, 3.8) is 0 Å². The summed E-state index contributed by atoms with van der Waals surface area (Å²) in [5, 5.41) is 13.1. The Balaban J connectivity index is 1.24. The number of likely N-dealkylation sites (tertiary alicyclic amines) is 1. The number of piperidine rings is 1. The van der Waals surface area contributed by atoms with Gasteiger partial charge in [0.15, 0.2) is 0 Å². The van der Waals surface area contributed by atoms with Gasteiger partial charge < -0.3 is 15.2 Å². The molecule has 0 spiro atoms. The highest BCUT2D eigenvalue weighted by Crippen LogP contribution is 2.25. The molecule has 9 nitrogen and oxygen atoms in total. The number of hydrogen-bond acceptors (Lipinski definition) is 6. The van der Waals surface area contributed by atoms with Crippen LogP contribution in [0.1, 0.15) is 38.2 Å². The molecule has 0 bridgehead atoms. The maximum Gasteiger partial charge on any atom is 0.322 e. The highest BCUT2D eigenvalue weighted by molar-refractivity contribution is 7.92. The van der Waals surface area contributed by atoms with Crippen LogP contribution in [0.4, 0.5) is 16.2 Å². The molecule has 0 atom stereocenters. The molecule has 1 aliphatic heterocycles. The van der Waals surface area contributed by atoms with Gasteiger partial charge >= 0.3 is 6.03 Å². The van der Waals surface area contributed by atoms with E-state index in [0.717, 1.165) is 51.6 Å². The minimum absolute atomic E-state index is 0.111. The Bertz CT molecular complexity index is 1360. The third kappa shape index (κ3) is 8.89. The van der Waals surface area contributed by atoms with Crippen LogP contribution in [0.3, 0.4) is 0 Å². The minimum Gasteiger partial charge on any atom is -0.508 e. The largest absolute Gasteiger partial charge is 0.508 e. The summed E-state index contributed by atoms with van der Waals surface area (Å²) in [7, 11) is -3.32. The van der Waals surface area contributed by atoms with Crippen molar-refractivity contribution in [2.24, 2.45) is 0 Å². The lowest BCUT2D eigenvalue weighted by Gasteiger charge is -2.34. The first-order valence-electron chi connectivity index (χ1n) is 13.6. The number of aromatic hydroxyl groups is 1. The number of nitrogens with zero attached hydrogens (tertiary/aromatic N) is 2. The number of nitrogens with one attached hydrogen (secondary N) is 2. The molecule has 0 saturated carbocycles. The van der Waals surface area contributed by atoms with E-state index in [2.05, 4.69) is 21.9 Å². The molecule has 1 fully saturated rings. The van der Waals surface area contributed by atoms with Crippen molar-refractivity contribution in [2.45, 2.75) is 45.2 Å². The van der Waals surface area contributed by atoms with Crippen LogP contribution >= 0.6 is 0 Å². The number of ether oxygens (including phenoxy) is 1. The van der Waals surface area contributed by atoms with Crippen LogP contribution in [0.2, 0.25) is 0 Å². The summed E-state index contributed by atoms with van der Waals surface area (Å²) in [6, 6.07) is 21.5. The van der Waals surface area contributed by atoms with E-state index >= 15 is 0 Å². The van der Waals surface area contributed by atoms with E-state index in [0.29, 0.717) is 29.4 Å². The average molecular weight is 567 g/mol. The summed E-state index contributed by atoms with van der Waals surface area (Å²) in [4.78, 5) is 17.2. The maximum atomic E-state index is 13.1. The number of urea groups is 1. The molecule has 0 radical (unpaired) electrons. The van der Waals surface area contributed by atoms with Gasteiger partial charge in [0.1, 0.15) is 17.2 Å². The van der Waals surface area contributed by atoms with E-state index in [4.69, 9.17) is 4.74 Å². The Labute approximate surface area is 236 Å². The summed E-state index contributed by atoms with van der Waals surface area (Å²) in [5.41, 5.74) is 2.37. The van der Waals surface area contributed by atoms with Gasteiger partial charge in [0.25, 0.3) is 0 Å². The van der Waals surface area contributed by atoms with Crippen molar-refractivity contribution in [1.29, 1.82) is 0 Å². The molecule has 3 aromatic rings. The highest BCUT2D eigenvalue weighted by atomic mass is 32.2. The van der Waals surface area contributed by atoms with Gasteiger partial charge in [0, 0.05) is 49.7 Å². The van der Waals surface area contributed by atoms with Gasteiger partial charge in [0.05, 0.1) is 6.26 Å². The van der Waals surface area contributed by atoms with E-state index < -0.39 is 10.0 Å². The van der Waals surface area contributed by atoms with Gasteiger partial charge in [-0.3, -0.25) is 14.5 Å². The molecule has 3 N–H and O–H groups in total. The van der Waals surface area contributed by atoms with E-state index in [1.54, 1.807) is 47.4 Å². The van der Waals surface area contributed by atoms with E-state index in [1.165, 1.54) is 5.56 Å². The van der Waals surface area contributed by atoms with Crippen molar-refractivity contribution in [2.75, 3.05) is 35.5 Å². The number of amides is 2. The molecule has 4 rings (SSSR count). The van der Waals surface area contributed by atoms with Crippen LogP contribution in [0.25, 0.3) is 0 Å². The Kier molecular flexibility index (Phi) is 9.89. The number of hydrogen-bond donors (Lipinski definition) is 3. The quantitative estimate of drug-likeness (QED) is 0.281. The van der Waals surface area contributed by atoms with Gasteiger partial charge in [-0.05, 0) is 73.4 Å². The zero-order valence-corrected chi connectivity index (χ0v) is 23.9. The predicted octanol–water partition coefficient (Wildman–Crippen LogP) is 5.54. The standard InChI is InChI=1S/C30H38N4O5S/c1-3-4-18-34(26-6-5-7-27(35)21-26)30(36)31-24-16-19-33(20-17-24)22-23-8-12-28(13-9-23)39-29-14-10-25(11-15-29)32-40(2,37)38/h5-15,21,24,32,35H,3-4,16-20,22H2,1-2H3,(H,31,36). The molecular formula is C30H38N4O5S. The highest BCUT2D eigenvalue weighted by Gasteiger charge is 2.24. The van der Waals surface area contributed by atoms with Crippen molar-refractivity contribution >= 4 is 27.4 Å². The molecule has 3 aromatic carbocycles. The Morgan fingerprint density at radius 2 is 1.68 bits per heavy atom. The third-order valence-electron chi connectivity index (χ3n) is 6.76. The summed E-state index contributed by atoms with van der Waals surface area (Å²) in [5.74, 6) is 1.47. The SMILES string of the molecule is CCCCN(C(=O)NC1CCN(Cc2ccc(Oc3ccc(NS(C)(=O)=O)cc3)cc2)CC1)c1cccc(O)c1. The number of phenolic OH excluding ortho intramolecular Hbond substituents is 1. The van der Waals surface area contributed by atoms with Gasteiger partial charge in [-0.25, -0.2) is 13.2 Å². The zero-order chi connectivity index (χ0) is 28.5. The smallest absolute Gasteiger partial charge is 0.322 e. The van der Waals surface area contributed by atoms with Crippen LogP contribution in [0.5, 0.6) is 17.2 Å². The lowest BCUT2D eigenvalue weighted by molar-refractivity contribution is 0.188. The fourth-order valence-corrected chi connectivity index (χ4v) is 5.24. The van der Waals surface area contributed by atoms with Gasteiger partial charge in [-0.15, -0.1) is 0 Å². The van der Waals surface area contributed by atoms with E-state index in [-0.39, 0.29) is 17.8 Å². The second-order valence-corrected chi connectivity index (χ2v) is 11.9. The van der Waals surface area contributed by atoms with Crippen LogP contribution < -0.4 is 19.7 Å². The number of carbonyl (C=O) groups excluding carboxylic acids is 1. The third-order valence-corrected chi connectivity index (χ3v) is 7.37. The van der Waals surface area contributed by atoms with Crippen LogP contribution in [0, 0.1) is 0 Å². The monoisotopic (exact) mass is 566 g/mol. The number of phenols is 1. The topological polar surface area (TPSA) is 111 Å². The van der Waals surface area contributed by atoms with Gasteiger partial charge in [-0.1, -0.05) is 31.5 Å². The lowest BCUT2D eigenvalue weighted by atomic mass is 10.0. The zero-order valence-electron chi connectivity index (χ0n) is 23.0. The minimum atomic E-state index is -3.32. The van der Waals surface area contributed by atoms with Crippen LogP contribution in [-0.2, 0) is 16.6 Å². The molecule has 10 heteroatoms. The molecule has 1 heterocycles. The fraction of sp³-hybridized carbons (Fsp3) is 0.367. The van der Waals surface area contributed by atoms with Crippen LogP contribution in [-0.4, -0.2) is 56.4 Å². The van der Waals surface area contributed by atoms with Crippen molar-refractivity contribution in [1.82, 2.24) is 10.2 Å². The molecular weight excluding hydrogens is 528 g/mol. The Morgan fingerprint density at radius 1 is 1.02 bits per heavy atom. The molecule has 0 aliphatic carbocycles. The molecule has 0 unspecified atom stereocenters. The molecule has 1 aliphatic rings. The van der Waals surface area contributed by atoms with E-state index in [1.807, 2.05) is 30.3 Å². The second-order valence-electron chi connectivity index (χ2n) is 10.2. The number of sulfonamides is 1. The molecule has 2 amide bonds. The summed E-state index contributed by atoms with van der Waals surface area (Å²) >= 11 is 0. The average Bonchev–Trinajstić information content (AvgIpc) is 2.91. The van der Waals surface area contributed by atoms with Gasteiger partial charge in [-0.2, -0.15) is 0 Å². The molecule has 0 aromatic heterocycles. The lowest BCUT2D eigenvalue weighted by Crippen LogP contribution is -2.49. The van der Waals surface area contributed by atoms with Crippen molar-refractivity contribution in [3.05, 3.63) is 78.4 Å². The first-order valence-corrected chi connectivity index (χ1v) is 15.5. The number of unbranched alkanes of at least 4 members (excludes halogenated alkanes) is 1. The van der Waals surface area contributed by atoms with Crippen LogP contribution in [0.15, 0.2) is 72.8 Å². The predicted molar refractivity (Wildman–Crippen MR) is 159 cm³/mol. The normalized spacial score (nSPS) is 14.4. The summed E-state index contributed by atoms with van der Waals surface area (Å²) in [6.07, 6.45) is 4.73. The Hall–Kier alpha value is -3.76. The number of rotatable bonds is 11. The number of carbonyl (C=O) groups is 1. The number of anilines is 2. The fourth-order valence-electron chi connectivity index (χ4n) is 4.68. The first-order chi connectivity index (χ1) is 19.2. The summed E-state index contributed by atoms with van der Waals surface area (Å²) < 4.78 is 31.0. The van der Waals surface area contributed by atoms with Gasteiger partial charge in [0.2, 0.25) is 10.0 Å². The number of benzene rings is 3.